The van der Waals surface area contributed by atoms with Crippen molar-refractivity contribution < 1.29 is 19.4 Å². The van der Waals surface area contributed by atoms with Crippen LogP contribution in [0.25, 0.3) is 0 Å². The van der Waals surface area contributed by atoms with Crippen molar-refractivity contribution in [3.8, 4) is 11.5 Å². The highest BCUT2D eigenvalue weighted by Gasteiger charge is 2.48. The molecule has 1 aliphatic carbocycles. The van der Waals surface area contributed by atoms with Crippen LogP contribution in [0.1, 0.15) is 24.8 Å². The average molecular weight is 269 g/mol. The van der Waals surface area contributed by atoms with E-state index in [1.807, 2.05) is 0 Å². The van der Waals surface area contributed by atoms with Crippen LogP contribution in [-0.2, 0) is 10.2 Å². The highest BCUT2D eigenvalue weighted by molar-refractivity contribution is 6.33. The smallest absolute Gasteiger partial charge is 0.314 e. The summed E-state index contributed by atoms with van der Waals surface area (Å²) in [7, 11) is 0. The Morgan fingerprint density at radius 2 is 2.00 bits per heavy atom. The minimum absolute atomic E-state index is 0.384. The maximum atomic E-state index is 11.5. The lowest BCUT2D eigenvalue weighted by Crippen LogP contribution is -2.42. The van der Waals surface area contributed by atoms with E-state index < -0.39 is 11.4 Å². The van der Waals surface area contributed by atoms with Crippen LogP contribution in [-0.4, -0.2) is 24.3 Å². The molecule has 3 rings (SSSR count). The highest BCUT2D eigenvalue weighted by Crippen LogP contribution is 2.50. The van der Waals surface area contributed by atoms with Crippen molar-refractivity contribution in [3.63, 3.8) is 0 Å². The van der Waals surface area contributed by atoms with Crippen LogP contribution in [0, 0.1) is 0 Å². The Morgan fingerprint density at radius 1 is 1.28 bits per heavy atom. The number of rotatable bonds is 2. The van der Waals surface area contributed by atoms with Crippen molar-refractivity contribution in [1.29, 1.82) is 0 Å². The molecular formula is C13H13ClO4. The number of aliphatic carboxylic acids is 1. The van der Waals surface area contributed by atoms with Gasteiger partial charge in [-0.2, -0.15) is 0 Å². The molecule has 1 fully saturated rings. The molecule has 1 aromatic rings. The fraction of sp³-hybridized carbons (Fsp3) is 0.462. The van der Waals surface area contributed by atoms with Gasteiger partial charge in [0.1, 0.15) is 13.2 Å². The first-order valence-corrected chi connectivity index (χ1v) is 6.35. The van der Waals surface area contributed by atoms with Gasteiger partial charge in [0.15, 0.2) is 11.5 Å². The molecule has 0 radical (unpaired) electrons. The number of carboxylic acids is 1. The molecule has 1 heterocycles. The molecule has 0 bridgehead atoms. The first-order chi connectivity index (χ1) is 8.65. The van der Waals surface area contributed by atoms with Crippen molar-refractivity contribution in [2.75, 3.05) is 13.2 Å². The maximum Gasteiger partial charge on any atom is 0.314 e. The number of fused-ring (bicyclic) bond motifs is 1. The lowest BCUT2D eigenvalue weighted by molar-refractivity contribution is -0.147. The monoisotopic (exact) mass is 268 g/mol. The zero-order valence-corrected chi connectivity index (χ0v) is 10.5. The summed E-state index contributed by atoms with van der Waals surface area (Å²) in [5.41, 5.74) is -0.195. The molecule has 0 spiro atoms. The molecular weight excluding hydrogens is 256 g/mol. The van der Waals surface area contributed by atoms with Crippen LogP contribution >= 0.6 is 11.6 Å². The van der Waals surface area contributed by atoms with Gasteiger partial charge < -0.3 is 14.6 Å². The topological polar surface area (TPSA) is 55.8 Å². The van der Waals surface area contributed by atoms with Gasteiger partial charge in [-0.05, 0) is 24.5 Å². The van der Waals surface area contributed by atoms with Gasteiger partial charge in [0.05, 0.1) is 10.4 Å². The Morgan fingerprint density at radius 3 is 2.61 bits per heavy atom. The van der Waals surface area contributed by atoms with Crippen LogP contribution in [0.4, 0.5) is 0 Å². The van der Waals surface area contributed by atoms with Crippen molar-refractivity contribution in [3.05, 3.63) is 22.7 Å². The quantitative estimate of drug-likeness (QED) is 0.896. The van der Waals surface area contributed by atoms with Gasteiger partial charge in [0, 0.05) is 0 Å². The predicted molar refractivity (Wildman–Crippen MR) is 65.6 cm³/mol. The van der Waals surface area contributed by atoms with E-state index in [4.69, 9.17) is 21.1 Å². The van der Waals surface area contributed by atoms with Crippen LogP contribution in [0.5, 0.6) is 11.5 Å². The van der Waals surface area contributed by atoms with E-state index in [2.05, 4.69) is 0 Å². The molecule has 96 valence electrons. The van der Waals surface area contributed by atoms with Crippen molar-refractivity contribution in [1.82, 2.24) is 0 Å². The van der Waals surface area contributed by atoms with E-state index in [0.29, 0.717) is 48.1 Å². The number of benzene rings is 1. The van der Waals surface area contributed by atoms with E-state index in [-0.39, 0.29) is 0 Å². The second-order valence-electron chi connectivity index (χ2n) is 4.69. The van der Waals surface area contributed by atoms with E-state index in [1.54, 1.807) is 12.1 Å². The number of ether oxygens (including phenoxy) is 2. The number of halogens is 1. The Hall–Kier alpha value is -1.42. The largest absolute Gasteiger partial charge is 0.486 e. The van der Waals surface area contributed by atoms with Gasteiger partial charge in [-0.3, -0.25) is 4.79 Å². The Bertz CT molecular complexity index is 508. The standard InChI is InChI=1S/C13H13ClO4/c14-10-8(13(12(15)16)4-1-5-13)2-3-9-11(10)18-7-6-17-9/h2-3H,1,4-7H2,(H,15,16). The SMILES string of the molecule is O=C(O)C1(c2ccc3c(c2Cl)OCCO3)CCC1. The first kappa shape index (κ1) is 11.7. The molecule has 0 amide bonds. The summed E-state index contributed by atoms with van der Waals surface area (Å²) in [6, 6.07) is 3.50. The van der Waals surface area contributed by atoms with Gasteiger partial charge in [0.2, 0.25) is 0 Å². The highest BCUT2D eigenvalue weighted by atomic mass is 35.5. The summed E-state index contributed by atoms with van der Waals surface area (Å²) in [4.78, 5) is 11.5. The van der Waals surface area contributed by atoms with E-state index in [9.17, 15) is 9.90 Å². The third kappa shape index (κ3) is 1.48. The summed E-state index contributed by atoms with van der Waals surface area (Å²) >= 11 is 6.30. The minimum Gasteiger partial charge on any atom is -0.486 e. The third-order valence-electron chi connectivity index (χ3n) is 3.78. The summed E-state index contributed by atoms with van der Waals surface area (Å²) in [6.45, 7) is 0.934. The fourth-order valence-electron chi connectivity index (χ4n) is 2.58. The minimum atomic E-state index is -0.840. The van der Waals surface area contributed by atoms with E-state index >= 15 is 0 Å². The summed E-state index contributed by atoms with van der Waals surface area (Å²) in [5, 5.41) is 9.82. The van der Waals surface area contributed by atoms with E-state index in [1.165, 1.54) is 0 Å². The molecule has 5 heteroatoms. The van der Waals surface area contributed by atoms with Gasteiger partial charge in [-0.25, -0.2) is 0 Å². The Balaban J connectivity index is 2.10. The average Bonchev–Trinajstić information content (AvgIpc) is 2.30. The number of hydrogen-bond acceptors (Lipinski definition) is 3. The van der Waals surface area contributed by atoms with Gasteiger partial charge in [0.25, 0.3) is 0 Å². The lowest BCUT2D eigenvalue weighted by Gasteiger charge is -2.39. The number of carboxylic acid groups (broad SMARTS) is 1. The molecule has 4 nitrogen and oxygen atoms in total. The zero-order valence-electron chi connectivity index (χ0n) is 9.74. The molecule has 1 aliphatic heterocycles. The normalized spacial score (nSPS) is 20.1. The molecule has 1 aromatic carbocycles. The van der Waals surface area contributed by atoms with Crippen molar-refractivity contribution in [2.24, 2.45) is 0 Å². The molecule has 0 aromatic heterocycles. The van der Waals surface area contributed by atoms with Gasteiger partial charge in [-0.1, -0.05) is 24.1 Å². The Labute approximate surface area is 109 Å². The first-order valence-electron chi connectivity index (χ1n) is 5.97. The zero-order chi connectivity index (χ0) is 12.8. The fourth-order valence-corrected chi connectivity index (χ4v) is 2.97. The van der Waals surface area contributed by atoms with Crippen LogP contribution in [0.3, 0.4) is 0 Å². The molecule has 0 atom stereocenters. The second kappa shape index (κ2) is 4.05. The second-order valence-corrected chi connectivity index (χ2v) is 5.07. The summed E-state index contributed by atoms with van der Waals surface area (Å²) < 4.78 is 10.9. The molecule has 0 unspecified atom stereocenters. The van der Waals surface area contributed by atoms with Crippen LogP contribution < -0.4 is 9.47 Å². The van der Waals surface area contributed by atoms with E-state index in [0.717, 1.165) is 6.42 Å². The van der Waals surface area contributed by atoms with Gasteiger partial charge >= 0.3 is 5.97 Å². The van der Waals surface area contributed by atoms with Gasteiger partial charge in [-0.15, -0.1) is 0 Å². The maximum absolute atomic E-state index is 11.5. The predicted octanol–water partition coefficient (Wildman–Crippen LogP) is 2.62. The molecule has 18 heavy (non-hydrogen) atoms. The summed E-state index contributed by atoms with van der Waals surface area (Å²) in [5.74, 6) is 0.259. The lowest BCUT2D eigenvalue weighted by atomic mass is 9.64. The number of carbonyl (C=O) groups is 1. The molecule has 0 saturated heterocycles. The van der Waals surface area contributed by atoms with Crippen LogP contribution in [0.15, 0.2) is 12.1 Å². The summed E-state index contributed by atoms with van der Waals surface area (Å²) in [6.07, 6.45) is 2.17. The number of hydrogen-bond donors (Lipinski definition) is 1. The van der Waals surface area contributed by atoms with Crippen molar-refractivity contribution >= 4 is 17.6 Å². The molecule has 1 saturated carbocycles. The van der Waals surface area contributed by atoms with Crippen LogP contribution in [0.2, 0.25) is 5.02 Å². The Kier molecular flexibility index (Phi) is 2.63. The van der Waals surface area contributed by atoms with Crippen molar-refractivity contribution in [2.45, 2.75) is 24.7 Å². The third-order valence-corrected chi connectivity index (χ3v) is 4.16. The molecule has 1 N–H and O–H groups in total. The molecule has 2 aliphatic rings.